The third-order valence-electron chi connectivity index (χ3n) is 6.47. The van der Waals surface area contributed by atoms with E-state index < -0.39 is 0 Å². The lowest BCUT2D eigenvalue weighted by atomic mass is 9.56. The predicted octanol–water partition coefficient (Wildman–Crippen LogP) is 6.05. The molecule has 1 unspecified atom stereocenters. The lowest BCUT2D eigenvalue weighted by Gasteiger charge is -2.52. The summed E-state index contributed by atoms with van der Waals surface area (Å²) < 4.78 is 5.83. The third-order valence-corrected chi connectivity index (χ3v) is 6.47. The number of benzene rings is 2. The zero-order valence-corrected chi connectivity index (χ0v) is 15.4. The van der Waals surface area contributed by atoms with Gasteiger partial charge in [0.1, 0.15) is 6.10 Å². The van der Waals surface area contributed by atoms with Crippen LogP contribution in [0.15, 0.2) is 54.6 Å². The summed E-state index contributed by atoms with van der Waals surface area (Å²) >= 11 is 0. The highest BCUT2D eigenvalue weighted by Crippen LogP contribution is 2.55. The van der Waals surface area contributed by atoms with Gasteiger partial charge in [0.25, 0.3) is 0 Å². The second kappa shape index (κ2) is 7.14. The number of carbonyl (C=O) groups is 1. The molecule has 0 saturated heterocycles. The van der Waals surface area contributed by atoms with Crippen molar-refractivity contribution in [2.75, 3.05) is 5.32 Å². The van der Waals surface area contributed by atoms with Crippen LogP contribution in [0, 0.1) is 12.3 Å². The van der Waals surface area contributed by atoms with E-state index in [1.54, 1.807) is 0 Å². The van der Waals surface area contributed by atoms with E-state index in [4.69, 9.17) is 4.74 Å². The van der Waals surface area contributed by atoms with Gasteiger partial charge in [0.05, 0.1) is 0 Å². The monoisotopic (exact) mass is 349 g/mol. The summed E-state index contributed by atoms with van der Waals surface area (Å²) in [5.74, 6) is 0.656. The predicted molar refractivity (Wildman–Crippen MR) is 104 cm³/mol. The first-order valence-corrected chi connectivity index (χ1v) is 9.74. The molecule has 3 heteroatoms. The number of aryl methyl sites for hydroxylation is 1. The molecule has 1 spiro atoms. The Labute approximate surface area is 155 Å². The lowest BCUT2D eigenvalue weighted by Crippen LogP contribution is -2.49. The van der Waals surface area contributed by atoms with Crippen molar-refractivity contribution in [3.8, 4) is 0 Å². The summed E-state index contributed by atoms with van der Waals surface area (Å²) in [6.07, 6.45) is 6.67. The van der Waals surface area contributed by atoms with Crippen LogP contribution in [0.3, 0.4) is 0 Å². The number of hydrogen-bond donors (Lipinski definition) is 1. The van der Waals surface area contributed by atoms with Crippen LogP contribution < -0.4 is 5.32 Å². The highest BCUT2D eigenvalue weighted by molar-refractivity contribution is 5.85. The molecule has 2 aliphatic carbocycles. The van der Waals surface area contributed by atoms with Gasteiger partial charge in [0, 0.05) is 11.1 Å². The molecule has 0 aliphatic heterocycles. The SMILES string of the molecule is Cc1ccccc1NC(=O)OC1CCC12CCC(c1ccccc1)CC2. The highest BCUT2D eigenvalue weighted by atomic mass is 16.6. The van der Waals surface area contributed by atoms with Crippen LogP contribution in [0.2, 0.25) is 0 Å². The Morgan fingerprint density at radius 2 is 1.62 bits per heavy atom. The first kappa shape index (κ1) is 17.1. The van der Waals surface area contributed by atoms with Crippen molar-refractivity contribution in [2.45, 2.75) is 57.5 Å². The molecular weight excluding hydrogens is 322 g/mol. The maximum Gasteiger partial charge on any atom is 0.411 e. The van der Waals surface area contributed by atoms with Gasteiger partial charge in [-0.3, -0.25) is 5.32 Å². The fraction of sp³-hybridized carbons (Fsp3) is 0.435. The summed E-state index contributed by atoms with van der Waals surface area (Å²) in [6.45, 7) is 1.99. The molecule has 26 heavy (non-hydrogen) atoms. The van der Waals surface area contributed by atoms with E-state index in [0.717, 1.165) is 30.5 Å². The number of nitrogens with one attached hydrogen (secondary N) is 1. The second-order valence-corrected chi connectivity index (χ2v) is 7.92. The second-order valence-electron chi connectivity index (χ2n) is 7.92. The van der Waals surface area contributed by atoms with Gasteiger partial charge in [0.2, 0.25) is 0 Å². The molecular formula is C23H27NO2. The van der Waals surface area contributed by atoms with Crippen LogP contribution in [0.25, 0.3) is 0 Å². The van der Waals surface area contributed by atoms with Crippen molar-refractivity contribution in [1.29, 1.82) is 0 Å². The number of ether oxygens (including phenoxy) is 1. The number of anilines is 1. The van der Waals surface area contributed by atoms with Crippen LogP contribution in [0.1, 0.15) is 55.6 Å². The fourth-order valence-electron chi connectivity index (χ4n) is 4.66. The topological polar surface area (TPSA) is 38.3 Å². The normalized spacial score (nSPS) is 27.6. The largest absolute Gasteiger partial charge is 0.445 e. The standard InChI is InChI=1S/C23H27NO2/c1-17-7-5-6-10-20(17)24-22(25)26-21-13-16-23(21)14-11-19(12-15-23)18-8-3-2-4-9-18/h2-10,19,21H,11-16H2,1H3,(H,24,25). The molecule has 2 aromatic carbocycles. The average Bonchev–Trinajstić information content (AvgIpc) is 2.68. The molecule has 2 aromatic rings. The minimum absolute atomic E-state index is 0.0724. The van der Waals surface area contributed by atoms with Crippen LogP contribution in [0.5, 0.6) is 0 Å². The minimum Gasteiger partial charge on any atom is -0.445 e. The molecule has 0 radical (unpaired) electrons. The van der Waals surface area contributed by atoms with Crippen LogP contribution in [-0.4, -0.2) is 12.2 Å². The van der Waals surface area contributed by atoms with Gasteiger partial charge < -0.3 is 4.74 Å². The van der Waals surface area contributed by atoms with E-state index in [9.17, 15) is 4.79 Å². The summed E-state index contributed by atoms with van der Waals surface area (Å²) in [5.41, 5.74) is 3.56. The van der Waals surface area contributed by atoms with E-state index in [1.165, 1.54) is 24.8 Å². The quantitative estimate of drug-likeness (QED) is 0.732. The molecule has 2 aliphatic rings. The smallest absolute Gasteiger partial charge is 0.411 e. The van der Waals surface area contributed by atoms with Crippen LogP contribution in [-0.2, 0) is 4.74 Å². The Balaban J connectivity index is 1.33. The first-order chi connectivity index (χ1) is 12.7. The Morgan fingerprint density at radius 1 is 0.962 bits per heavy atom. The average molecular weight is 349 g/mol. The maximum atomic E-state index is 12.3. The van der Waals surface area contributed by atoms with Crippen molar-refractivity contribution >= 4 is 11.8 Å². The van der Waals surface area contributed by atoms with Gasteiger partial charge in [-0.1, -0.05) is 48.5 Å². The Hall–Kier alpha value is -2.29. The summed E-state index contributed by atoms with van der Waals surface area (Å²) in [5, 5.41) is 2.90. The molecule has 3 nitrogen and oxygen atoms in total. The molecule has 1 amide bonds. The van der Waals surface area contributed by atoms with E-state index in [2.05, 4.69) is 35.6 Å². The molecule has 4 rings (SSSR count). The Kier molecular flexibility index (Phi) is 4.71. The van der Waals surface area contributed by atoms with Gasteiger partial charge in [-0.05, 0) is 68.6 Å². The number of para-hydroxylation sites is 1. The molecule has 136 valence electrons. The summed E-state index contributed by atoms with van der Waals surface area (Å²) in [7, 11) is 0. The van der Waals surface area contributed by atoms with Crippen molar-refractivity contribution in [3.63, 3.8) is 0 Å². The number of rotatable bonds is 3. The maximum absolute atomic E-state index is 12.3. The number of carbonyl (C=O) groups excluding carboxylic acids is 1. The lowest BCUT2D eigenvalue weighted by molar-refractivity contribution is -0.0915. The molecule has 2 saturated carbocycles. The van der Waals surface area contributed by atoms with Crippen molar-refractivity contribution in [3.05, 3.63) is 65.7 Å². The molecule has 0 aromatic heterocycles. The number of amides is 1. The third kappa shape index (κ3) is 3.35. The van der Waals surface area contributed by atoms with Gasteiger partial charge in [-0.15, -0.1) is 0 Å². The van der Waals surface area contributed by atoms with Gasteiger partial charge >= 0.3 is 6.09 Å². The highest BCUT2D eigenvalue weighted by Gasteiger charge is 2.50. The molecule has 0 heterocycles. The van der Waals surface area contributed by atoms with Gasteiger partial charge in [0.15, 0.2) is 0 Å². The zero-order chi connectivity index (χ0) is 18.0. The van der Waals surface area contributed by atoms with Gasteiger partial charge in [-0.2, -0.15) is 0 Å². The Bertz CT molecular complexity index is 763. The van der Waals surface area contributed by atoms with E-state index in [1.807, 2.05) is 31.2 Å². The van der Waals surface area contributed by atoms with E-state index in [0.29, 0.717) is 5.92 Å². The summed E-state index contributed by atoms with van der Waals surface area (Å²) in [6, 6.07) is 18.6. The van der Waals surface area contributed by atoms with E-state index >= 15 is 0 Å². The van der Waals surface area contributed by atoms with Crippen molar-refractivity contribution < 1.29 is 9.53 Å². The van der Waals surface area contributed by atoms with Crippen molar-refractivity contribution in [1.82, 2.24) is 0 Å². The zero-order valence-electron chi connectivity index (χ0n) is 15.4. The van der Waals surface area contributed by atoms with Crippen LogP contribution >= 0.6 is 0 Å². The van der Waals surface area contributed by atoms with Crippen LogP contribution in [0.4, 0.5) is 10.5 Å². The summed E-state index contributed by atoms with van der Waals surface area (Å²) in [4.78, 5) is 12.3. The van der Waals surface area contributed by atoms with Crippen molar-refractivity contribution in [2.24, 2.45) is 5.41 Å². The molecule has 1 atom stereocenters. The molecule has 2 fully saturated rings. The first-order valence-electron chi connectivity index (χ1n) is 9.74. The Morgan fingerprint density at radius 3 is 2.27 bits per heavy atom. The fourth-order valence-corrected chi connectivity index (χ4v) is 4.66. The minimum atomic E-state index is -0.312. The van der Waals surface area contributed by atoms with E-state index in [-0.39, 0.29) is 17.6 Å². The van der Waals surface area contributed by atoms with Gasteiger partial charge in [-0.25, -0.2) is 4.79 Å². The number of hydrogen-bond acceptors (Lipinski definition) is 2. The molecule has 1 N–H and O–H groups in total. The molecule has 0 bridgehead atoms.